The maximum Gasteiger partial charge on any atom is 0.254 e. The minimum Gasteiger partial charge on any atom is -0.351 e. The average Bonchev–Trinajstić information content (AvgIpc) is 3.34. The van der Waals surface area contributed by atoms with Crippen molar-refractivity contribution >= 4 is 40.0 Å². The molecular formula is C19H22FN7O2S2. The van der Waals surface area contributed by atoms with Crippen LogP contribution in [0, 0.1) is 5.82 Å². The van der Waals surface area contributed by atoms with E-state index < -0.39 is 11.7 Å². The first-order chi connectivity index (χ1) is 14.8. The van der Waals surface area contributed by atoms with Crippen molar-refractivity contribution in [3.05, 3.63) is 46.5 Å². The van der Waals surface area contributed by atoms with Crippen LogP contribution < -0.4 is 10.6 Å². The lowest BCUT2D eigenvalue weighted by atomic mass is 10.2. The van der Waals surface area contributed by atoms with Crippen LogP contribution in [0.25, 0.3) is 0 Å². The SMILES string of the molecule is CC(C)c1nnc(NC(=O)CSc2nnc(CCNC(=O)c3ccccc3F)n2C)s1. The Morgan fingerprint density at radius 2 is 1.97 bits per heavy atom. The molecular weight excluding hydrogens is 441 g/mol. The largest absolute Gasteiger partial charge is 0.351 e. The molecule has 0 aliphatic carbocycles. The summed E-state index contributed by atoms with van der Waals surface area (Å²) in [6, 6.07) is 5.81. The molecule has 12 heteroatoms. The number of aromatic nitrogens is 5. The van der Waals surface area contributed by atoms with Crippen molar-refractivity contribution in [2.24, 2.45) is 7.05 Å². The zero-order valence-corrected chi connectivity index (χ0v) is 18.9. The molecule has 0 aliphatic rings. The Labute approximate surface area is 186 Å². The molecule has 31 heavy (non-hydrogen) atoms. The van der Waals surface area contributed by atoms with Crippen LogP contribution >= 0.6 is 23.1 Å². The molecule has 0 saturated heterocycles. The van der Waals surface area contributed by atoms with E-state index in [0.29, 0.717) is 22.5 Å². The van der Waals surface area contributed by atoms with Crippen molar-refractivity contribution in [3.8, 4) is 0 Å². The molecule has 0 bridgehead atoms. The topological polar surface area (TPSA) is 115 Å². The van der Waals surface area contributed by atoms with Gasteiger partial charge in [-0.1, -0.05) is 49.1 Å². The van der Waals surface area contributed by atoms with Crippen LogP contribution in [-0.4, -0.2) is 49.1 Å². The van der Waals surface area contributed by atoms with Crippen molar-refractivity contribution in [2.45, 2.75) is 31.3 Å². The zero-order chi connectivity index (χ0) is 22.4. The van der Waals surface area contributed by atoms with Crippen molar-refractivity contribution in [1.29, 1.82) is 0 Å². The van der Waals surface area contributed by atoms with Crippen LogP contribution in [0.4, 0.5) is 9.52 Å². The Morgan fingerprint density at radius 3 is 2.68 bits per heavy atom. The van der Waals surface area contributed by atoms with Crippen molar-refractivity contribution in [3.63, 3.8) is 0 Å². The summed E-state index contributed by atoms with van der Waals surface area (Å²) >= 11 is 2.60. The lowest BCUT2D eigenvalue weighted by Gasteiger charge is -2.06. The Morgan fingerprint density at radius 1 is 1.19 bits per heavy atom. The quantitative estimate of drug-likeness (QED) is 0.469. The molecule has 2 heterocycles. The number of carbonyl (C=O) groups is 2. The maximum atomic E-state index is 13.7. The van der Waals surface area contributed by atoms with Gasteiger partial charge in [0.25, 0.3) is 5.91 Å². The molecule has 9 nitrogen and oxygen atoms in total. The fourth-order valence-electron chi connectivity index (χ4n) is 2.52. The number of amides is 2. The van der Waals surface area contributed by atoms with E-state index in [1.54, 1.807) is 17.7 Å². The van der Waals surface area contributed by atoms with Crippen LogP contribution in [0.2, 0.25) is 0 Å². The zero-order valence-electron chi connectivity index (χ0n) is 17.3. The van der Waals surface area contributed by atoms with Gasteiger partial charge in [0, 0.05) is 25.9 Å². The minimum absolute atomic E-state index is 0.00123. The van der Waals surface area contributed by atoms with Gasteiger partial charge in [-0.15, -0.1) is 20.4 Å². The number of carbonyl (C=O) groups excluding carboxylic acids is 2. The molecule has 2 aromatic heterocycles. The van der Waals surface area contributed by atoms with Gasteiger partial charge in [0.15, 0.2) is 5.16 Å². The van der Waals surface area contributed by atoms with Gasteiger partial charge in [0.05, 0.1) is 11.3 Å². The van der Waals surface area contributed by atoms with Gasteiger partial charge in [-0.05, 0) is 12.1 Å². The monoisotopic (exact) mass is 463 g/mol. The summed E-state index contributed by atoms with van der Waals surface area (Å²) in [5, 5.41) is 23.5. The highest BCUT2D eigenvalue weighted by Crippen LogP contribution is 2.23. The Balaban J connectivity index is 1.46. The number of nitrogens with one attached hydrogen (secondary N) is 2. The summed E-state index contributed by atoms with van der Waals surface area (Å²) in [4.78, 5) is 24.2. The van der Waals surface area contributed by atoms with E-state index in [-0.39, 0.29) is 29.7 Å². The summed E-state index contributed by atoms with van der Waals surface area (Å²) < 4.78 is 15.4. The van der Waals surface area contributed by atoms with Gasteiger partial charge in [-0.3, -0.25) is 14.9 Å². The van der Waals surface area contributed by atoms with E-state index >= 15 is 0 Å². The molecule has 0 atom stereocenters. The number of nitrogens with zero attached hydrogens (tertiary/aromatic N) is 5. The molecule has 164 valence electrons. The number of benzene rings is 1. The Bertz CT molecular complexity index is 1070. The van der Waals surface area contributed by atoms with Crippen molar-refractivity contribution < 1.29 is 14.0 Å². The summed E-state index contributed by atoms with van der Waals surface area (Å²) in [6.45, 7) is 4.30. The second-order valence-electron chi connectivity index (χ2n) is 6.88. The first-order valence-corrected chi connectivity index (χ1v) is 11.3. The van der Waals surface area contributed by atoms with Gasteiger partial charge >= 0.3 is 0 Å². The van der Waals surface area contributed by atoms with Crippen LogP contribution in [0.15, 0.2) is 29.4 Å². The van der Waals surface area contributed by atoms with Crippen LogP contribution in [0.1, 0.15) is 41.0 Å². The number of rotatable bonds is 9. The number of thioether (sulfide) groups is 1. The van der Waals surface area contributed by atoms with Crippen LogP contribution in [-0.2, 0) is 18.3 Å². The molecule has 0 spiro atoms. The van der Waals surface area contributed by atoms with E-state index in [4.69, 9.17) is 0 Å². The number of hydrogen-bond acceptors (Lipinski definition) is 8. The Hall–Kier alpha value is -2.86. The van der Waals surface area contributed by atoms with E-state index in [1.165, 1.54) is 41.3 Å². The summed E-state index contributed by atoms with van der Waals surface area (Å²) in [5.41, 5.74) is -0.00123. The fraction of sp³-hybridized carbons (Fsp3) is 0.368. The van der Waals surface area contributed by atoms with E-state index in [2.05, 4.69) is 31.0 Å². The van der Waals surface area contributed by atoms with E-state index in [1.807, 2.05) is 13.8 Å². The predicted octanol–water partition coefficient (Wildman–Crippen LogP) is 2.63. The summed E-state index contributed by atoms with van der Waals surface area (Å²) in [6.07, 6.45) is 0.416. The fourth-order valence-corrected chi connectivity index (χ4v) is 4.01. The smallest absolute Gasteiger partial charge is 0.254 e. The first kappa shape index (κ1) is 22.8. The molecule has 2 N–H and O–H groups in total. The number of hydrogen-bond donors (Lipinski definition) is 2. The molecule has 2 amide bonds. The highest BCUT2D eigenvalue weighted by atomic mass is 32.2. The lowest BCUT2D eigenvalue weighted by Crippen LogP contribution is -2.27. The van der Waals surface area contributed by atoms with E-state index in [0.717, 1.165) is 5.01 Å². The third-order valence-corrected chi connectivity index (χ3v) is 6.35. The molecule has 3 aromatic rings. The third kappa shape index (κ3) is 6.07. The predicted molar refractivity (Wildman–Crippen MR) is 117 cm³/mol. The van der Waals surface area contributed by atoms with Crippen molar-refractivity contribution in [1.82, 2.24) is 30.3 Å². The van der Waals surface area contributed by atoms with Gasteiger partial charge < -0.3 is 9.88 Å². The highest BCUT2D eigenvalue weighted by Gasteiger charge is 2.15. The van der Waals surface area contributed by atoms with Gasteiger partial charge in [-0.25, -0.2) is 4.39 Å². The molecule has 0 unspecified atom stereocenters. The normalized spacial score (nSPS) is 11.0. The third-order valence-electron chi connectivity index (χ3n) is 4.19. The van der Waals surface area contributed by atoms with Gasteiger partial charge in [0.2, 0.25) is 11.0 Å². The first-order valence-electron chi connectivity index (χ1n) is 9.52. The molecule has 0 radical (unpaired) electrons. The molecule has 1 aromatic carbocycles. The Kier molecular flexibility index (Phi) is 7.69. The second kappa shape index (κ2) is 10.4. The second-order valence-corrected chi connectivity index (χ2v) is 8.83. The maximum absolute atomic E-state index is 13.7. The van der Waals surface area contributed by atoms with E-state index in [9.17, 15) is 14.0 Å². The van der Waals surface area contributed by atoms with Crippen LogP contribution in [0.3, 0.4) is 0 Å². The molecule has 3 rings (SSSR count). The van der Waals surface area contributed by atoms with Crippen LogP contribution in [0.5, 0.6) is 0 Å². The number of anilines is 1. The molecule has 0 saturated carbocycles. The summed E-state index contributed by atoms with van der Waals surface area (Å²) in [5.74, 6) is -0.216. The summed E-state index contributed by atoms with van der Waals surface area (Å²) in [7, 11) is 1.79. The lowest BCUT2D eigenvalue weighted by molar-refractivity contribution is -0.113. The molecule has 0 fully saturated rings. The average molecular weight is 464 g/mol. The standard InChI is InChI=1S/C19H22FN7O2S2/c1-11(2)17-24-25-18(31-17)22-15(28)10-30-19-26-23-14(27(19)3)8-9-21-16(29)12-6-4-5-7-13(12)20/h4-7,11H,8-10H2,1-3H3,(H,21,29)(H,22,25,28). The van der Waals surface area contributed by atoms with Gasteiger partial charge in [0.1, 0.15) is 16.6 Å². The highest BCUT2D eigenvalue weighted by molar-refractivity contribution is 7.99. The van der Waals surface area contributed by atoms with Crippen molar-refractivity contribution in [2.75, 3.05) is 17.6 Å². The van der Waals surface area contributed by atoms with Gasteiger partial charge in [-0.2, -0.15) is 0 Å². The molecule has 0 aliphatic heterocycles. The minimum atomic E-state index is -0.565. The number of halogens is 1.